The highest BCUT2D eigenvalue weighted by Crippen LogP contribution is 2.34. The zero-order chi connectivity index (χ0) is 24.1. The molecule has 3 aromatic rings. The number of nitrogens with zero attached hydrogens (tertiary/aromatic N) is 3. The zero-order valence-corrected chi connectivity index (χ0v) is 20.4. The largest absolute Gasteiger partial charge is 0.312 e. The summed E-state index contributed by atoms with van der Waals surface area (Å²) in [6.45, 7) is 2.59. The molecule has 2 amide bonds. The van der Waals surface area contributed by atoms with E-state index >= 15 is 0 Å². The third-order valence-electron chi connectivity index (χ3n) is 5.69. The van der Waals surface area contributed by atoms with E-state index in [-0.39, 0.29) is 29.8 Å². The predicted octanol–water partition coefficient (Wildman–Crippen LogP) is 3.56. The van der Waals surface area contributed by atoms with E-state index in [9.17, 15) is 18.0 Å². The van der Waals surface area contributed by atoms with Crippen LogP contribution in [0.5, 0.6) is 0 Å². The monoisotopic (exact) mass is 498 g/mol. The van der Waals surface area contributed by atoms with Crippen molar-refractivity contribution >= 4 is 43.8 Å². The highest BCUT2D eigenvalue weighted by atomic mass is 32.2. The van der Waals surface area contributed by atoms with Gasteiger partial charge in [-0.15, -0.1) is 10.2 Å². The van der Waals surface area contributed by atoms with Gasteiger partial charge in [0.05, 0.1) is 11.5 Å². The standard InChI is InChI=1S/C24H26N4O4S2/c1-2-17-8-10-20(11-9-17)28-15-19(14-22(28)30)23-26-27-24(33-23)25-21(29)12-13-34(31,32)16-18-6-4-3-5-7-18/h3-11,19H,2,12-16H2,1H3,(H,25,27,29)/t19-/m1/s1. The molecule has 2 heterocycles. The Morgan fingerprint density at radius 2 is 1.82 bits per heavy atom. The average Bonchev–Trinajstić information content (AvgIpc) is 3.45. The summed E-state index contributed by atoms with van der Waals surface area (Å²) in [6.07, 6.45) is 1.11. The second-order valence-electron chi connectivity index (χ2n) is 8.25. The number of sulfone groups is 1. The van der Waals surface area contributed by atoms with Crippen LogP contribution in [0.25, 0.3) is 0 Å². The Labute approximate surface area is 202 Å². The predicted molar refractivity (Wildman–Crippen MR) is 133 cm³/mol. The molecule has 34 heavy (non-hydrogen) atoms. The quantitative estimate of drug-likeness (QED) is 0.483. The lowest BCUT2D eigenvalue weighted by molar-refractivity contribution is -0.117. The van der Waals surface area contributed by atoms with Gasteiger partial charge in [-0.1, -0.05) is 60.7 Å². The van der Waals surface area contributed by atoms with Crippen molar-refractivity contribution < 1.29 is 18.0 Å². The molecule has 1 aliphatic rings. The first-order valence-electron chi connectivity index (χ1n) is 11.1. The molecule has 8 nitrogen and oxygen atoms in total. The van der Waals surface area contributed by atoms with E-state index in [4.69, 9.17) is 0 Å². The molecular formula is C24H26N4O4S2. The van der Waals surface area contributed by atoms with Crippen LogP contribution in [0.4, 0.5) is 10.8 Å². The second kappa shape index (κ2) is 10.4. The number of anilines is 2. The van der Waals surface area contributed by atoms with Crippen LogP contribution < -0.4 is 10.2 Å². The SMILES string of the molecule is CCc1ccc(N2C[C@H](c3nnc(NC(=O)CCS(=O)(=O)Cc4ccccc4)s3)CC2=O)cc1. The third-order valence-corrected chi connectivity index (χ3v) is 8.29. The van der Waals surface area contributed by atoms with Crippen molar-refractivity contribution in [3.05, 3.63) is 70.7 Å². The second-order valence-corrected chi connectivity index (χ2v) is 11.4. The van der Waals surface area contributed by atoms with E-state index in [2.05, 4.69) is 22.4 Å². The number of carbonyl (C=O) groups excluding carboxylic acids is 2. The van der Waals surface area contributed by atoms with Crippen LogP contribution in [-0.4, -0.2) is 42.7 Å². The molecule has 0 unspecified atom stereocenters. The van der Waals surface area contributed by atoms with Gasteiger partial charge in [0, 0.05) is 31.0 Å². The van der Waals surface area contributed by atoms with E-state index < -0.39 is 15.7 Å². The summed E-state index contributed by atoms with van der Waals surface area (Å²) in [4.78, 5) is 26.6. The van der Waals surface area contributed by atoms with Gasteiger partial charge in [0.2, 0.25) is 16.9 Å². The van der Waals surface area contributed by atoms with Gasteiger partial charge in [-0.3, -0.25) is 9.59 Å². The minimum atomic E-state index is -3.41. The van der Waals surface area contributed by atoms with Gasteiger partial charge in [0.25, 0.3) is 0 Å². The molecule has 4 rings (SSSR count). The van der Waals surface area contributed by atoms with Crippen LogP contribution in [0.1, 0.15) is 41.8 Å². The normalized spacial score (nSPS) is 16.1. The zero-order valence-electron chi connectivity index (χ0n) is 18.8. The maximum atomic E-state index is 12.6. The molecule has 178 valence electrons. The number of aromatic nitrogens is 2. The van der Waals surface area contributed by atoms with Crippen molar-refractivity contribution in [2.24, 2.45) is 0 Å². The van der Waals surface area contributed by atoms with Crippen LogP contribution in [0, 0.1) is 0 Å². The van der Waals surface area contributed by atoms with Gasteiger partial charge in [-0.05, 0) is 29.7 Å². The average molecular weight is 499 g/mol. The van der Waals surface area contributed by atoms with Gasteiger partial charge in [0.15, 0.2) is 9.84 Å². The Hall–Kier alpha value is -3.11. The molecule has 1 saturated heterocycles. The van der Waals surface area contributed by atoms with Crippen molar-refractivity contribution in [3.8, 4) is 0 Å². The van der Waals surface area contributed by atoms with Gasteiger partial charge in [-0.25, -0.2) is 8.42 Å². The number of amides is 2. The molecule has 0 bridgehead atoms. The Kier molecular flexibility index (Phi) is 7.38. The van der Waals surface area contributed by atoms with E-state index in [1.165, 1.54) is 16.9 Å². The Bertz CT molecular complexity index is 1260. The molecule has 1 aromatic heterocycles. The molecule has 0 spiro atoms. The summed E-state index contributed by atoms with van der Waals surface area (Å²) in [6, 6.07) is 16.8. The topological polar surface area (TPSA) is 109 Å². The van der Waals surface area contributed by atoms with Gasteiger partial charge in [-0.2, -0.15) is 0 Å². The van der Waals surface area contributed by atoms with E-state index in [0.717, 1.165) is 12.1 Å². The highest BCUT2D eigenvalue weighted by Gasteiger charge is 2.34. The number of nitrogens with one attached hydrogen (secondary N) is 1. The molecule has 1 N–H and O–H groups in total. The van der Waals surface area contributed by atoms with Crippen LogP contribution in [-0.2, 0) is 31.6 Å². The lowest BCUT2D eigenvalue weighted by atomic mass is 10.1. The van der Waals surface area contributed by atoms with Crippen molar-refractivity contribution in [2.45, 2.75) is 37.9 Å². The maximum Gasteiger partial charge on any atom is 0.227 e. The number of hydrogen-bond donors (Lipinski definition) is 1. The van der Waals surface area contributed by atoms with E-state index in [1.807, 2.05) is 30.3 Å². The lowest BCUT2D eigenvalue weighted by Gasteiger charge is -2.16. The number of benzene rings is 2. The molecule has 0 saturated carbocycles. The third kappa shape index (κ3) is 6.06. The molecule has 1 fully saturated rings. The fraction of sp³-hybridized carbons (Fsp3) is 0.333. The number of carbonyl (C=O) groups is 2. The smallest absolute Gasteiger partial charge is 0.227 e. The molecule has 0 aliphatic carbocycles. The fourth-order valence-corrected chi connectivity index (χ4v) is 6.01. The van der Waals surface area contributed by atoms with Crippen LogP contribution in [0.3, 0.4) is 0 Å². The van der Waals surface area contributed by atoms with E-state index in [0.29, 0.717) is 28.7 Å². The van der Waals surface area contributed by atoms with E-state index in [1.54, 1.807) is 29.2 Å². The van der Waals surface area contributed by atoms with Gasteiger partial charge in [0.1, 0.15) is 5.01 Å². The maximum absolute atomic E-state index is 12.6. The number of aryl methyl sites for hydroxylation is 1. The minimum absolute atomic E-state index is 0.0265. The van der Waals surface area contributed by atoms with Crippen molar-refractivity contribution in [2.75, 3.05) is 22.5 Å². The van der Waals surface area contributed by atoms with Gasteiger partial charge >= 0.3 is 0 Å². The molecule has 1 atom stereocenters. The summed E-state index contributed by atoms with van der Waals surface area (Å²) in [5.74, 6) is -0.856. The number of rotatable bonds is 9. The first-order valence-corrected chi connectivity index (χ1v) is 13.7. The van der Waals surface area contributed by atoms with Crippen LogP contribution in [0.2, 0.25) is 0 Å². The molecule has 10 heteroatoms. The lowest BCUT2D eigenvalue weighted by Crippen LogP contribution is -2.24. The van der Waals surface area contributed by atoms with Crippen molar-refractivity contribution in [1.29, 1.82) is 0 Å². The van der Waals surface area contributed by atoms with Crippen molar-refractivity contribution in [1.82, 2.24) is 10.2 Å². The summed E-state index contributed by atoms with van der Waals surface area (Å²) in [5, 5.41) is 11.8. The minimum Gasteiger partial charge on any atom is -0.312 e. The molecular weight excluding hydrogens is 472 g/mol. The highest BCUT2D eigenvalue weighted by molar-refractivity contribution is 7.90. The summed E-state index contributed by atoms with van der Waals surface area (Å²) >= 11 is 1.22. The Morgan fingerprint density at radius 3 is 2.53 bits per heavy atom. The Balaban J connectivity index is 1.30. The first kappa shape index (κ1) is 24.0. The van der Waals surface area contributed by atoms with Gasteiger partial charge < -0.3 is 10.2 Å². The van der Waals surface area contributed by atoms with Crippen LogP contribution in [0.15, 0.2) is 54.6 Å². The number of hydrogen-bond acceptors (Lipinski definition) is 7. The molecule has 2 aromatic carbocycles. The summed E-state index contributed by atoms with van der Waals surface area (Å²) in [5.41, 5.74) is 2.77. The van der Waals surface area contributed by atoms with Crippen LogP contribution >= 0.6 is 11.3 Å². The fourth-order valence-electron chi connectivity index (χ4n) is 3.81. The molecule has 0 radical (unpaired) electrons. The summed E-state index contributed by atoms with van der Waals surface area (Å²) in [7, 11) is -3.41. The van der Waals surface area contributed by atoms with Crippen molar-refractivity contribution in [3.63, 3.8) is 0 Å². The first-order chi connectivity index (χ1) is 16.3. The Morgan fingerprint density at radius 1 is 1.09 bits per heavy atom. The summed E-state index contributed by atoms with van der Waals surface area (Å²) < 4.78 is 24.6. The molecule has 1 aliphatic heterocycles.